The Morgan fingerprint density at radius 3 is 2.61 bits per heavy atom. The van der Waals surface area contributed by atoms with Gasteiger partial charge in [0, 0.05) is 6.54 Å². The van der Waals surface area contributed by atoms with E-state index in [-0.39, 0.29) is 5.88 Å². The highest BCUT2D eigenvalue weighted by molar-refractivity contribution is 7.73. The van der Waals surface area contributed by atoms with Crippen molar-refractivity contribution in [1.29, 1.82) is 0 Å². The number of carbonyl (C=O) groups excluding carboxylic acids is 1. The van der Waals surface area contributed by atoms with Gasteiger partial charge in [-0.15, -0.1) is 0 Å². The average Bonchev–Trinajstić information content (AvgIpc) is 3.07. The second-order valence-electron chi connectivity index (χ2n) is 6.41. The van der Waals surface area contributed by atoms with Gasteiger partial charge in [-0.05, 0) is 48.5 Å². The van der Waals surface area contributed by atoms with Gasteiger partial charge in [0.05, 0.1) is 38.8 Å². The molecular formula is C22H22N2O5S2. The van der Waals surface area contributed by atoms with Crippen molar-refractivity contribution in [1.82, 2.24) is 4.57 Å². The molecule has 0 saturated heterocycles. The van der Waals surface area contributed by atoms with E-state index in [0.717, 1.165) is 5.56 Å². The maximum absolute atomic E-state index is 11.9. The quantitative estimate of drug-likeness (QED) is 0.297. The van der Waals surface area contributed by atoms with Crippen molar-refractivity contribution < 1.29 is 24.1 Å². The number of thiazole rings is 1. The summed E-state index contributed by atoms with van der Waals surface area (Å²) in [5, 5.41) is 10.7. The molecule has 0 aliphatic rings. The van der Waals surface area contributed by atoms with E-state index >= 15 is 0 Å². The number of hydrogen-bond acceptors (Lipinski definition) is 8. The van der Waals surface area contributed by atoms with Gasteiger partial charge < -0.3 is 19.3 Å². The SMILES string of the molecule is COC(=O)c1ccccc1N=Cc1sc(=S)n(CCc2ccc(OC)c(OC)c2)c1O. The highest BCUT2D eigenvalue weighted by atomic mass is 32.1. The van der Waals surface area contributed by atoms with Gasteiger partial charge in [0.25, 0.3) is 0 Å². The molecule has 3 aromatic rings. The first-order valence-electron chi connectivity index (χ1n) is 9.33. The molecule has 7 nitrogen and oxygen atoms in total. The first kappa shape index (κ1) is 22.5. The standard InChI is InChI=1S/C22H22N2O5S2/c1-27-17-9-8-14(12-18(17)28-2)10-11-24-20(25)19(31-22(24)30)13-23-16-7-5-4-6-15(16)21(26)29-3/h4-9,12-13,25H,10-11H2,1-3H3. The van der Waals surface area contributed by atoms with Gasteiger partial charge in [-0.25, -0.2) is 4.79 Å². The van der Waals surface area contributed by atoms with Gasteiger partial charge in [-0.2, -0.15) is 0 Å². The van der Waals surface area contributed by atoms with Crippen molar-refractivity contribution in [3.05, 3.63) is 62.4 Å². The molecule has 2 aromatic carbocycles. The number of hydrogen-bond donors (Lipinski definition) is 1. The number of nitrogens with zero attached hydrogens (tertiary/aromatic N) is 2. The van der Waals surface area contributed by atoms with Crippen molar-refractivity contribution in [2.75, 3.05) is 21.3 Å². The second kappa shape index (κ2) is 10.2. The molecule has 1 heterocycles. The molecule has 0 spiro atoms. The van der Waals surface area contributed by atoms with Crippen LogP contribution < -0.4 is 9.47 Å². The molecule has 0 radical (unpaired) electrons. The monoisotopic (exact) mass is 458 g/mol. The van der Waals surface area contributed by atoms with Crippen LogP contribution in [0, 0.1) is 3.95 Å². The third-order valence-electron chi connectivity index (χ3n) is 4.60. The number of ether oxygens (including phenoxy) is 3. The molecule has 0 unspecified atom stereocenters. The molecule has 9 heteroatoms. The van der Waals surface area contributed by atoms with Crippen LogP contribution in [0.2, 0.25) is 0 Å². The van der Waals surface area contributed by atoms with Crippen molar-refractivity contribution in [3.63, 3.8) is 0 Å². The summed E-state index contributed by atoms with van der Waals surface area (Å²) in [6.45, 7) is 0.489. The minimum atomic E-state index is -0.475. The summed E-state index contributed by atoms with van der Waals surface area (Å²) < 4.78 is 17.6. The van der Waals surface area contributed by atoms with E-state index in [1.165, 1.54) is 24.7 Å². The van der Waals surface area contributed by atoms with Crippen molar-refractivity contribution in [2.45, 2.75) is 13.0 Å². The number of aromatic nitrogens is 1. The molecule has 162 valence electrons. The number of benzene rings is 2. The van der Waals surface area contributed by atoms with Gasteiger partial charge in [-0.1, -0.05) is 29.5 Å². The predicted molar refractivity (Wildman–Crippen MR) is 123 cm³/mol. The van der Waals surface area contributed by atoms with Gasteiger partial charge in [0.1, 0.15) is 4.88 Å². The van der Waals surface area contributed by atoms with E-state index in [1.54, 1.807) is 43.1 Å². The molecule has 1 N–H and O–H groups in total. The Hall–Kier alpha value is -3.17. The van der Waals surface area contributed by atoms with Crippen molar-refractivity contribution in [3.8, 4) is 17.4 Å². The fourth-order valence-electron chi connectivity index (χ4n) is 2.97. The number of para-hydroxylation sites is 1. The lowest BCUT2D eigenvalue weighted by molar-refractivity contribution is 0.0601. The Bertz CT molecular complexity index is 1170. The van der Waals surface area contributed by atoms with E-state index in [0.29, 0.717) is 44.5 Å². The van der Waals surface area contributed by atoms with E-state index in [9.17, 15) is 9.90 Å². The van der Waals surface area contributed by atoms with Crippen LogP contribution in [0.15, 0.2) is 47.5 Å². The zero-order chi connectivity index (χ0) is 22.4. The van der Waals surface area contributed by atoms with Crippen molar-refractivity contribution >= 4 is 41.4 Å². The van der Waals surface area contributed by atoms with Crippen LogP contribution in [0.5, 0.6) is 17.4 Å². The highest BCUT2D eigenvalue weighted by Crippen LogP contribution is 2.29. The van der Waals surface area contributed by atoms with Gasteiger partial charge in [-0.3, -0.25) is 9.56 Å². The number of rotatable bonds is 8. The number of aromatic hydroxyl groups is 1. The third kappa shape index (κ3) is 5.12. The topological polar surface area (TPSA) is 82.3 Å². The summed E-state index contributed by atoms with van der Waals surface area (Å²) in [6.07, 6.45) is 2.14. The second-order valence-corrected chi connectivity index (χ2v) is 8.09. The van der Waals surface area contributed by atoms with Crippen LogP contribution in [-0.2, 0) is 17.7 Å². The predicted octanol–water partition coefficient (Wildman–Crippen LogP) is 4.78. The Kier molecular flexibility index (Phi) is 7.43. The third-order valence-corrected chi connectivity index (χ3v) is 5.97. The van der Waals surface area contributed by atoms with Crippen LogP contribution in [-0.4, -0.2) is 43.2 Å². The Morgan fingerprint density at radius 2 is 1.90 bits per heavy atom. The van der Waals surface area contributed by atoms with E-state index in [2.05, 4.69) is 4.99 Å². The van der Waals surface area contributed by atoms with Gasteiger partial charge in [0.2, 0.25) is 5.88 Å². The molecule has 0 bridgehead atoms. The zero-order valence-corrected chi connectivity index (χ0v) is 19.0. The number of aliphatic imine (C=N–C) groups is 1. The maximum atomic E-state index is 11.9. The van der Waals surface area contributed by atoms with E-state index in [1.807, 2.05) is 18.2 Å². The highest BCUT2D eigenvalue weighted by Gasteiger charge is 2.13. The number of esters is 1. The molecule has 0 atom stereocenters. The molecule has 0 fully saturated rings. The number of methoxy groups -OCH3 is 3. The Morgan fingerprint density at radius 1 is 1.16 bits per heavy atom. The Balaban J connectivity index is 1.80. The van der Waals surface area contributed by atoms with Gasteiger partial charge >= 0.3 is 5.97 Å². The van der Waals surface area contributed by atoms with Crippen molar-refractivity contribution in [2.24, 2.45) is 4.99 Å². The average molecular weight is 459 g/mol. The lowest BCUT2D eigenvalue weighted by Crippen LogP contribution is -2.02. The molecule has 0 aliphatic heterocycles. The van der Waals surface area contributed by atoms with E-state index < -0.39 is 5.97 Å². The molecule has 0 saturated carbocycles. The largest absolute Gasteiger partial charge is 0.493 e. The van der Waals surface area contributed by atoms with Crippen LogP contribution in [0.1, 0.15) is 20.8 Å². The molecule has 0 aliphatic carbocycles. The summed E-state index contributed by atoms with van der Waals surface area (Å²) in [4.78, 5) is 16.8. The minimum Gasteiger partial charge on any atom is -0.493 e. The number of carbonyl (C=O) groups is 1. The first-order chi connectivity index (χ1) is 15.0. The van der Waals surface area contributed by atoms with Crippen LogP contribution >= 0.6 is 23.6 Å². The van der Waals surface area contributed by atoms with Crippen LogP contribution in [0.25, 0.3) is 0 Å². The summed E-state index contributed by atoms with van der Waals surface area (Å²) in [7, 11) is 4.50. The molecule has 31 heavy (non-hydrogen) atoms. The molecule has 3 rings (SSSR count). The molecule has 0 amide bonds. The first-order valence-corrected chi connectivity index (χ1v) is 10.6. The molecule has 1 aromatic heterocycles. The molecular weight excluding hydrogens is 436 g/mol. The van der Waals surface area contributed by atoms with Gasteiger partial charge in [0.15, 0.2) is 15.5 Å². The number of aryl methyl sites for hydroxylation is 1. The van der Waals surface area contributed by atoms with Crippen LogP contribution in [0.3, 0.4) is 0 Å². The van der Waals surface area contributed by atoms with E-state index in [4.69, 9.17) is 26.4 Å². The maximum Gasteiger partial charge on any atom is 0.340 e. The fraction of sp³-hybridized carbons (Fsp3) is 0.227. The summed E-state index contributed by atoms with van der Waals surface area (Å²) in [6, 6.07) is 12.5. The summed E-state index contributed by atoms with van der Waals surface area (Å²) in [5.74, 6) is 0.870. The Labute approximate surface area is 189 Å². The summed E-state index contributed by atoms with van der Waals surface area (Å²) >= 11 is 6.67. The van der Waals surface area contributed by atoms with Crippen LogP contribution in [0.4, 0.5) is 5.69 Å². The smallest absolute Gasteiger partial charge is 0.340 e. The lowest BCUT2D eigenvalue weighted by atomic mass is 10.1. The minimum absolute atomic E-state index is 0.0368. The fourth-order valence-corrected chi connectivity index (χ4v) is 4.20. The normalized spacial score (nSPS) is 10.9. The summed E-state index contributed by atoms with van der Waals surface area (Å²) in [5.41, 5.74) is 1.81. The lowest BCUT2D eigenvalue weighted by Gasteiger charge is -2.10. The zero-order valence-electron chi connectivity index (χ0n) is 17.3.